The molecule has 0 spiro atoms. The monoisotopic (exact) mass is 393 g/mol. The molecule has 0 aliphatic carbocycles. The number of amides is 1. The van der Waals surface area contributed by atoms with Crippen LogP contribution in [0, 0.1) is 18.8 Å². The minimum atomic E-state index is -0.0531. The van der Waals surface area contributed by atoms with Crippen LogP contribution in [0.1, 0.15) is 29.0 Å². The van der Waals surface area contributed by atoms with E-state index in [9.17, 15) is 4.79 Å². The summed E-state index contributed by atoms with van der Waals surface area (Å²) in [5, 5.41) is 8.47. The van der Waals surface area contributed by atoms with E-state index in [0.29, 0.717) is 44.5 Å². The van der Waals surface area contributed by atoms with Gasteiger partial charge in [-0.25, -0.2) is 0 Å². The van der Waals surface area contributed by atoms with Crippen molar-refractivity contribution in [1.29, 1.82) is 0 Å². The van der Waals surface area contributed by atoms with Crippen molar-refractivity contribution in [2.24, 2.45) is 11.8 Å². The number of hydrogen-bond donors (Lipinski definition) is 1. The first-order valence-electron chi connectivity index (χ1n) is 8.97. The van der Waals surface area contributed by atoms with Crippen molar-refractivity contribution in [1.82, 2.24) is 15.4 Å². The molecule has 2 saturated heterocycles. The number of nitrogens with zero attached hydrogens (tertiary/aromatic N) is 2. The van der Waals surface area contributed by atoms with E-state index in [1.54, 1.807) is 25.1 Å². The number of rotatable bonds is 2. The highest BCUT2D eigenvalue weighted by Crippen LogP contribution is 2.37. The van der Waals surface area contributed by atoms with E-state index in [0.717, 1.165) is 39.0 Å². The van der Waals surface area contributed by atoms with Crippen LogP contribution in [0.25, 0.3) is 11.3 Å². The minimum Gasteiger partial charge on any atom is -0.360 e. The lowest BCUT2D eigenvalue weighted by Gasteiger charge is -2.21. The van der Waals surface area contributed by atoms with Gasteiger partial charge in [0.25, 0.3) is 5.91 Å². The van der Waals surface area contributed by atoms with Crippen LogP contribution in [0.4, 0.5) is 0 Å². The number of aryl methyl sites for hydroxylation is 1. The molecular formula is C19H21Cl2N3O2. The first kappa shape index (κ1) is 17.8. The lowest BCUT2D eigenvalue weighted by molar-refractivity contribution is 0.0757. The van der Waals surface area contributed by atoms with E-state index in [2.05, 4.69) is 10.5 Å². The Kier molecular flexibility index (Phi) is 4.95. The van der Waals surface area contributed by atoms with Gasteiger partial charge in [0, 0.05) is 18.7 Å². The van der Waals surface area contributed by atoms with E-state index in [1.165, 1.54) is 0 Å². The summed E-state index contributed by atoms with van der Waals surface area (Å²) in [6, 6.07) is 5.24. The number of hydrogen-bond acceptors (Lipinski definition) is 4. The largest absolute Gasteiger partial charge is 0.360 e. The van der Waals surface area contributed by atoms with Crippen LogP contribution in [0.2, 0.25) is 10.0 Å². The van der Waals surface area contributed by atoms with Gasteiger partial charge in [-0.1, -0.05) is 34.4 Å². The van der Waals surface area contributed by atoms with Crippen molar-refractivity contribution in [3.05, 3.63) is 39.6 Å². The molecule has 2 atom stereocenters. The third-order valence-corrected chi connectivity index (χ3v) is 6.21. The molecule has 26 heavy (non-hydrogen) atoms. The van der Waals surface area contributed by atoms with Gasteiger partial charge in [-0.3, -0.25) is 4.79 Å². The average molecular weight is 394 g/mol. The van der Waals surface area contributed by atoms with Crippen LogP contribution in [0.15, 0.2) is 22.7 Å². The standard InChI is InChI=1S/C19H21Cl2N3O2/c1-11-16(18(23-26-11)17-14(20)3-2-4-15(17)21)19(25)24-7-5-12-9-22-10-13(12)6-8-24/h2-4,12-13,22H,5-10H2,1H3/t12-,13+. The Hall–Kier alpha value is -1.56. The van der Waals surface area contributed by atoms with Gasteiger partial charge in [0.1, 0.15) is 17.0 Å². The van der Waals surface area contributed by atoms with E-state index in [4.69, 9.17) is 27.7 Å². The van der Waals surface area contributed by atoms with E-state index in [1.807, 2.05) is 4.90 Å². The molecule has 1 amide bonds. The molecule has 3 heterocycles. The van der Waals surface area contributed by atoms with Gasteiger partial charge in [0.15, 0.2) is 0 Å². The topological polar surface area (TPSA) is 58.4 Å². The first-order chi connectivity index (χ1) is 12.6. The second kappa shape index (κ2) is 7.22. The summed E-state index contributed by atoms with van der Waals surface area (Å²) in [4.78, 5) is 15.2. The fourth-order valence-electron chi connectivity index (χ4n) is 4.10. The van der Waals surface area contributed by atoms with Crippen LogP contribution >= 0.6 is 23.2 Å². The highest BCUT2D eigenvalue weighted by molar-refractivity contribution is 6.39. The fourth-order valence-corrected chi connectivity index (χ4v) is 4.67. The molecule has 0 unspecified atom stereocenters. The number of nitrogens with one attached hydrogen (secondary N) is 1. The first-order valence-corrected chi connectivity index (χ1v) is 9.72. The molecule has 0 radical (unpaired) electrons. The van der Waals surface area contributed by atoms with Gasteiger partial charge in [-0.05, 0) is 56.8 Å². The van der Waals surface area contributed by atoms with Gasteiger partial charge in [0.05, 0.1) is 10.0 Å². The Morgan fingerprint density at radius 3 is 2.42 bits per heavy atom. The van der Waals surface area contributed by atoms with Crippen LogP contribution in [0.5, 0.6) is 0 Å². The van der Waals surface area contributed by atoms with Crippen LogP contribution in [-0.4, -0.2) is 42.1 Å². The number of carbonyl (C=O) groups excluding carboxylic acids is 1. The Morgan fingerprint density at radius 1 is 1.19 bits per heavy atom. The number of halogens is 2. The zero-order valence-electron chi connectivity index (χ0n) is 14.6. The maximum absolute atomic E-state index is 13.3. The molecule has 2 aromatic rings. The molecule has 1 aromatic carbocycles. The van der Waals surface area contributed by atoms with Crippen molar-refractivity contribution >= 4 is 29.1 Å². The van der Waals surface area contributed by atoms with Gasteiger partial charge in [-0.15, -0.1) is 0 Å². The lowest BCUT2D eigenvalue weighted by atomic mass is 9.92. The van der Waals surface area contributed by atoms with Gasteiger partial charge < -0.3 is 14.7 Å². The predicted octanol–water partition coefficient (Wildman–Crippen LogP) is 4.03. The summed E-state index contributed by atoms with van der Waals surface area (Å²) in [5.41, 5.74) is 1.44. The van der Waals surface area contributed by atoms with Crippen LogP contribution in [0.3, 0.4) is 0 Å². The summed E-state index contributed by atoms with van der Waals surface area (Å²) < 4.78 is 5.35. The zero-order chi connectivity index (χ0) is 18.3. The molecule has 5 nitrogen and oxygen atoms in total. The summed E-state index contributed by atoms with van der Waals surface area (Å²) >= 11 is 12.7. The second-order valence-corrected chi connectivity index (χ2v) is 7.92. The highest BCUT2D eigenvalue weighted by atomic mass is 35.5. The summed E-state index contributed by atoms with van der Waals surface area (Å²) in [6.07, 6.45) is 2.05. The Labute approximate surface area is 162 Å². The number of likely N-dealkylation sites (tertiary alicyclic amines) is 1. The Morgan fingerprint density at radius 2 is 1.81 bits per heavy atom. The summed E-state index contributed by atoms with van der Waals surface area (Å²) in [7, 11) is 0. The number of aromatic nitrogens is 1. The average Bonchev–Trinajstić information content (AvgIpc) is 3.16. The summed E-state index contributed by atoms with van der Waals surface area (Å²) in [5.74, 6) is 1.76. The smallest absolute Gasteiger partial charge is 0.259 e. The predicted molar refractivity (Wildman–Crippen MR) is 102 cm³/mol. The molecule has 2 fully saturated rings. The quantitative estimate of drug-likeness (QED) is 0.836. The zero-order valence-corrected chi connectivity index (χ0v) is 16.1. The fraction of sp³-hybridized carbons (Fsp3) is 0.474. The molecule has 2 aliphatic heterocycles. The third-order valence-electron chi connectivity index (χ3n) is 5.58. The van der Waals surface area contributed by atoms with E-state index in [-0.39, 0.29) is 5.91 Å². The van der Waals surface area contributed by atoms with Crippen molar-refractivity contribution in [3.8, 4) is 11.3 Å². The number of fused-ring (bicyclic) bond motifs is 1. The van der Waals surface area contributed by atoms with Crippen molar-refractivity contribution in [2.45, 2.75) is 19.8 Å². The number of benzene rings is 1. The molecule has 0 saturated carbocycles. The van der Waals surface area contributed by atoms with Crippen LogP contribution in [-0.2, 0) is 0 Å². The van der Waals surface area contributed by atoms with Gasteiger partial charge in [-0.2, -0.15) is 0 Å². The van der Waals surface area contributed by atoms with Crippen molar-refractivity contribution in [3.63, 3.8) is 0 Å². The molecule has 2 aliphatic rings. The molecule has 138 valence electrons. The molecule has 0 bridgehead atoms. The van der Waals surface area contributed by atoms with Crippen molar-refractivity contribution < 1.29 is 9.32 Å². The normalized spacial score (nSPS) is 23.0. The van der Waals surface area contributed by atoms with Crippen LogP contribution < -0.4 is 5.32 Å². The maximum Gasteiger partial charge on any atom is 0.259 e. The highest BCUT2D eigenvalue weighted by Gasteiger charge is 2.34. The third kappa shape index (κ3) is 3.13. The SMILES string of the molecule is Cc1onc(-c2c(Cl)cccc2Cl)c1C(=O)N1CC[C@@H]2CNC[C@@H]2CC1. The molecule has 4 rings (SSSR count). The van der Waals surface area contributed by atoms with E-state index < -0.39 is 0 Å². The molecule has 1 N–H and O–H groups in total. The van der Waals surface area contributed by atoms with Gasteiger partial charge >= 0.3 is 0 Å². The summed E-state index contributed by atoms with van der Waals surface area (Å²) in [6.45, 7) is 5.37. The Balaban J connectivity index is 1.66. The van der Waals surface area contributed by atoms with E-state index >= 15 is 0 Å². The maximum atomic E-state index is 13.3. The molecule has 7 heteroatoms. The van der Waals surface area contributed by atoms with Gasteiger partial charge in [0.2, 0.25) is 0 Å². The van der Waals surface area contributed by atoms with Crippen molar-refractivity contribution in [2.75, 3.05) is 26.2 Å². The lowest BCUT2D eigenvalue weighted by Crippen LogP contribution is -2.33. The molecule has 1 aromatic heterocycles. The number of carbonyl (C=O) groups is 1. The Bertz CT molecular complexity index is 802. The molecular weight excluding hydrogens is 373 g/mol. The second-order valence-electron chi connectivity index (χ2n) is 7.11. The minimum absolute atomic E-state index is 0.0531.